The Hall–Kier alpha value is -1.11. The normalized spacial score (nSPS) is 19.4. The van der Waals surface area contributed by atoms with Gasteiger partial charge in [0.1, 0.15) is 4.90 Å². The summed E-state index contributed by atoms with van der Waals surface area (Å²) >= 11 is 0. The maximum Gasteiger partial charge on any atom is 0.242 e. The Bertz CT molecular complexity index is 540. The summed E-state index contributed by atoms with van der Waals surface area (Å²) in [6.45, 7) is 4.66. The van der Waals surface area contributed by atoms with Crippen LogP contribution in [0.25, 0.3) is 0 Å². The van der Waals surface area contributed by atoms with Gasteiger partial charge in [0, 0.05) is 19.7 Å². The number of para-hydroxylation sites is 1. The van der Waals surface area contributed by atoms with Gasteiger partial charge in [-0.25, -0.2) is 13.1 Å². The fourth-order valence-electron chi connectivity index (χ4n) is 2.38. The predicted molar refractivity (Wildman–Crippen MR) is 84.0 cm³/mol. The van der Waals surface area contributed by atoms with Crippen molar-refractivity contribution in [3.05, 3.63) is 24.3 Å². The molecule has 1 aromatic carbocycles. The van der Waals surface area contributed by atoms with Crippen LogP contribution in [0.5, 0.6) is 0 Å². The van der Waals surface area contributed by atoms with Gasteiger partial charge in [-0.05, 0) is 37.3 Å². The molecule has 2 N–H and O–H groups in total. The molecule has 0 bridgehead atoms. The topological polar surface area (TPSA) is 67.4 Å². The van der Waals surface area contributed by atoms with Gasteiger partial charge < -0.3 is 10.1 Å². The van der Waals surface area contributed by atoms with Crippen molar-refractivity contribution >= 4 is 15.7 Å². The van der Waals surface area contributed by atoms with Crippen molar-refractivity contribution in [2.75, 3.05) is 31.6 Å². The molecule has 0 aliphatic carbocycles. The van der Waals surface area contributed by atoms with E-state index in [4.69, 9.17) is 4.74 Å². The first-order valence-electron chi connectivity index (χ1n) is 7.54. The minimum Gasteiger partial charge on any atom is -0.384 e. The molecule has 0 radical (unpaired) electrons. The predicted octanol–water partition coefficient (Wildman–Crippen LogP) is 2.21. The number of ether oxygens (including phenoxy) is 1. The molecular weight excluding hydrogens is 288 g/mol. The maximum absolute atomic E-state index is 12.5. The lowest BCUT2D eigenvalue weighted by molar-refractivity contribution is 0.0568. The van der Waals surface area contributed by atoms with Crippen molar-refractivity contribution in [2.24, 2.45) is 5.92 Å². The minimum absolute atomic E-state index is 0.268. The highest BCUT2D eigenvalue weighted by molar-refractivity contribution is 7.89. The Morgan fingerprint density at radius 2 is 2.14 bits per heavy atom. The summed E-state index contributed by atoms with van der Waals surface area (Å²) in [7, 11) is -3.49. The first kappa shape index (κ1) is 16.3. The number of hydrogen-bond donors (Lipinski definition) is 2. The van der Waals surface area contributed by atoms with Crippen LogP contribution >= 0.6 is 0 Å². The summed E-state index contributed by atoms with van der Waals surface area (Å²) in [5, 5.41) is 3.16. The highest BCUT2D eigenvalue weighted by atomic mass is 32.2. The summed E-state index contributed by atoms with van der Waals surface area (Å²) in [6.07, 6.45) is 2.96. The molecular formula is C15H24N2O3S. The van der Waals surface area contributed by atoms with E-state index in [-0.39, 0.29) is 5.92 Å². The maximum atomic E-state index is 12.5. The van der Waals surface area contributed by atoms with Gasteiger partial charge in [-0.1, -0.05) is 19.1 Å². The number of benzene rings is 1. The Kier molecular flexibility index (Phi) is 6.02. The second-order valence-electron chi connectivity index (χ2n) is 5.36. The van der Waals surface area contributed by atoms with E-state index in [1.165, 1.54) is 0 Å². The number of hydrogen-bond acceptors (Lipinski definition) is 4. The monoisotopic (exact) mass is 312 g/mol. The Balaban J connectivity index is 2.04. The van der Waals surface area contributed by atoms with Crippen molar-refractivity contribution in [2.45, 2.75) is 31.1 Å². The number of rotatable bonds is 7. The van der Waals surface area contributed by atoms with Gasteiger partial charge in [0.25, 0.3) is 0 Å². The molecule has 1 aliphatic rings. The van der Waals surface area contributed by atoms with Crippen LogP contribution in [0.15, 0.2) is 29.2 Å². The molecule has 0 amide bonds. The molecule has 0 saturated carbocycles. The Labute approximate surface area is 127 Å². The Morgan fingerprint density at radius 1 is 1.33 bits per heavy atom. The van der Waals surface area contributed by atoms with E-state index in [2.05, 4.69) is 10.0 Å². The van der Waals surface area contributed by atoms with Crippen LogP contribution in [0.3, 0.4) is 0 Å². The quantitative estimate of drug-likeness (QED) is 0.810. The molecule has 1 atom stereocenters. The van der Waals surface area contributed by atoms with E-state index in [0.29, 0.717) is 23.7 Å². The Morgan fingerprint density at radius 3 is 2.86 bits per heavy atom. The number of sulfonamides is 1. The third kappa shape index (κ3) is 4.69. The van der Waals surface area contributed by atoms with E-state index < -0.39 is 10.0 Å². The summed E-state index contributed by atoms with van der Waals surface area (Å²) in [6, 6.07) is 7.02. The molecule has 1 heterocycles. The zero-order chi connectivity index (χ0) is 15.1. The molecule has 5 nitrogen and oxygen atoms in total. The summed E-state index contributed by atoms with van der Waals surface area (Å²) < 4.78 is 33.0. The highest BCUT2D eigenvalue weighted by Gasteiger charge is 2.21. The van der Waals surface area contributed by atoms with E-state index >= 15 is 0 Å². The van der Waals surface area contributed by atoms with Gasteiger partial charge in [-0.15, -0.1) is 0 Å². The SMILES string of the molecule is CCCNc1ccccc1S(=O)(=O)NCC1CCCOC1. The van der Waals surface area contributed by atoms with Gasteiger partial charge in [0.2, 0.25) is 10.0 Å². The zero-order valence-corrected chi connectivity index (χ0v) is 13.3. The van der Waals surface area contributed by atoms with Crippen molar-refractivity contribution in [1.29, 1.82) is 0 Å². The molecule has 1 saturated heterocycles. The third-order valence-electron chi connectivity index (χ3n) is 3.56. The smallest absolute Gasteiger partial charge is 0.242 e. The van der Waals surface area contributed by atoms with E-state index in [9.17, 15) is 8.42 Å². The highest BCUT2D eigenvalue weighted by Crippen LogP contribution is 2.21. The first-order valence-corrected chi connectivity index (χ1v) is 9.02. The van der Waals surface area contributed by atoms with Crippen LogP contribution in [0.1, 0.15) is 26.2 Å². The second kappa shape index (κ2) is 7.77. The van der Waals surface area contributed by atoms with Crippen molar-refractivity contribution in [3.8, 4) is 0 Å². The van der Waals surface area contributed by atoms with Gasteiger partial charge in [-0.2, -0.15) is 0 Å². The van der Waals surface area contributed by atoms with E-state index in [1.54, 1.807) is 18.2 Å². The van der Waals surface area contributed by atoms with Crippen molar-refractivity contribution in [1.82, 2.24) is 4.72 Å². The van der Waals surface area contributed by atoms with Crippen LogP contribution in [0.2, 0.25) is 0 Å². The molecule has 118 valence electrons. The average molecular weight is 312 g/mol. The van der Waals surface area contributed by atoms with Crippen LogP contribution in [-0.4, -0.2) is 34.7 Å². The number of anilines is 1. The van der Waals surface area contributed by atoms with Crippen LogP contribution in [0, 0.1) is 5.92 Å². The standard InChI is InChI=1S/C15H24N2O3S/c1-2-9-16-14-7-3-4-8-15(14)21(18,19)17-11-13-6-5-10-20-12-13/h3-4,7-8,13,16-17H,2,5-6,9-12H2,1H3. The van der Waals surface area contributed by atoms with E-state index in [1.807, 2.05) is 13.0 Å². The van der Waals surface area contributed by atoms with E-state index in [0.717, 1.165) is 32.4 Å². The number of nitrogens with one attached hydrogen (secondary N) is 2. The fourth-order valence-corrected chi connectivity index (χ4v) is 3.68. The fraction of sp³-hybridized carbons (Fsp3) is 0.600. The molecule has 1 unspecified atom stereocenters. The largest absolute Gasteiger partial charge is 0.384 e. The molecule has 1 aliphatic heterocycles. The minimum atomic E-state index is -3.49. The van der Waals surface area contributed by atoms with Gasteiger partial charge >= 0.3 is 0 Å². The lowest BCUT2D eigenvalue weighted by Gasteiger charge is -2.22. The zero-order valence-electron chi connectivity index (χ0n) is 12.5. The molecule has 1 fully saturated rings. The summed E-state index contributed by atoms with van der Waals surface area (Å²) in [5.74, 6) is 0.268. The van der Waals surface area contributed by atoms with Gasteiger partial charge in [0.05, 0.1) is 12.3 Å². The van der Waals surface area contributed by atoms with Crippen LogP contribution in [-0.2, 0) is 14.8 Å². The second-order valence-corrected chi connectivity index (χ2v) is 7.09. The molecule has 2 rings (SSSR count). The molecule has 0 spiro atoms. The lowest BCUT2D eigenvalue weighted by Crippen LogP contribution is -2.33. The average Bonchev–Trinajstić information content (AvgIpc) is 2.52. The van der Waals surface area contributed by atoms with Crippen LogP contribution < -0.4 is 10.0 Å². The first-order chi connectivity index (χ1) is 10.1. The van der Waals surface area contributed by atoms with Crippen molar-refractivity contribution in [3.63, 3.8) is 0 Å². The van der Waals surface area contributed by atoms with Gasteiger partial charge in [-0.3, -0.25) is 0 Å². The van der Waals surface area contributed by atoms with Gasteiger partial charge in [0.15, 0.2) is 0 Å². The summed E-state index contributed by atoms with van der Waals surface area (Å²) in [5.41, 5.74) is 0.659. The van der Waals surface area contributed by atoms with Crippen molar-refractivity contribution < 1.29 is 13.2 Å². The molecule has 21 heavy (non-hydrogen) atoms. The lowest BCUT2D eigenvalue weighted by atomic mass is 10.0. The molecule has 0 aromatic heterocycles. The molecule has 1 aromatic rings. The third-order valence-corrected chi connectivity index (χ3v) is 5.04. The molecule has 6 heteroatoms. The van der Waals surface area contributed by atoms with Crippen LogP contribution in [0.4, 0.5) is 5.69 Å². The summed E-state index contributed by atoms with van der Waals surface area (Å²) in [4.78, 5) is 0.315.